The minimum atomic E-state index is -0.451. The van der Waals surface area contributed by atoms with Gasteiger partial charge in [-0.25, -0.2) is 4.68 Å². The SMILES string of the molecule is COc1ccc(Cl)cc1C(=O)/N=c1\sc(C(C)(C)C)nn1C[C@H]1CCC(=O)N1. The lowest BCUT2D eigenvalue weighted by atomic mass is 9.98. The Morgan fingerprint density at radius 2 is 2.21 bits per heavy atom. The highest BCUT2D eigenvalue weighted by Gasteiger charge is 2.25. The third-order valence-electron chi connectivity index (χ3n) is 4.33. The highest BCUT2D eigenvalue weighted by molar-refractivity contribution is 7.09. The maximum absolute atomic E-state index is 12.8. The van der Waals surface area contributed by atoms with Crippen LogP contribution in [0.4, 0.5) is 0 Å². The summed E-state index contributed by atoms with van der Waals surface area (Å²) >= 11 is 7.41. The lowest BCUT2D eigenvalue weighted by Gasteiger charge is -2.13. The number of ether oxygens (including phenoxy) is 1. The number of benzene rings is 1. The van der Waals surface area contributed by atoms with Gasteiger partial charge in [0, 0.05) is 22.9 Å². The van der Waals surface area contributed by atoms with Crippen LogP contribution in [-0.2, 0) is 16.8 Å². The number of aromatic nitrogens is 2. The topological polar surface area (TPSA) is 85.6 Å². The molecule has 1 aromatic heterocycles. The van der Waals surface area contributed by atoms with Crippen LogP contribution in [0.1, 0.15) is 49.0 Å². The third kappa shape index (κ3) is 4.62. The molecule has 9 heteroatoms. The second kappa shape index (κ2) is 8.05. The molecule has 0 saturated carbocycles. The number of amides is 2. The first-order valence-corrected chi connectivity index (χ1v) is 10.2. The molecular weight excluding hydrogens is 400 g/mol. The van der Waals surface area contributed by atoms with Crippen molar-refractivity contribution in [1.82, 2.24) is 15.1 Å². The Labute approximate surface area is 172 Å². The van der Waals surface area contributed by atoms with Crippen LogP contribution in [0.5, 0.6) is 5.75 Å². The summed E-state index contributed by atoms with van der Waals surface area (Å²) in [5, 5.41) is 8.88. The molecule has 1 aliphatic rings. The van der Waals surface area contributed by atoms with Crippen molar-refractivity contribution in [2.45, 2.75) is 51.6 Å². The fraction of sp³-hybridized carbons (Fsp3) is 0.474. The summed E-state index contributed by atoms with van der Waals surface area (Å²) < 4.78 is 6.97. The molecule has 0 bridgehead atoms. The molecule has 1 aromatic carbocycles. The molecule has 2 aromatic rings. The molecule has 2 heterocycles. The first-order valence-electron chi connectivity index (χ1n) is 8.98. The summed E-state index contributed by atoms with van der Waals surface area (Å²) in [7, 11) is 1.49. The number of hydrogen-bond donors (Lipinski definition) is 1. The van der Waals surface area contributed by atoms with E-state index in [1.165, 1.54) is 18.4 Å². The van der Waals surface area contributed by atoms with Gasteiger partial charge in [-0.15, -0.1) is 0 Å². The molecule has 3 rings (SSSR count). The molecule has 0 radical (unpaired) electrons. The molecule has 1 N–H and O–H groups in total. The van der Waals surface area contributed by atoms with Crippen LogP contribution < -0.4 is 14.9 Å². The predicted octanol–water partition coefficient (Wildman–Crippen LogP) is 2.92. The second-order valence-electron chi connectivity index (χ2n) is 7.69. The van der Waals surface area contributed by atoms with E-state index in [2.05, 4.69) is 36.2 Å². The molecule has 1 atom stereocenters. The largest absolute Gasteiger partial charge is 0.496 e. The van der Waals surface area contributed by atoms with Crippen molar-refractivity contribution in [3.8, 4) is 5.75 Å². The third-order valence-corrected chi connectivity index (χ3v) is 5.94. The Morgan fingerprint density at radius 1 is 1.46 bits per heavy atom. The number of hydrogen-bond acceptors (Lipinski definition) is 5. The number of carbonyl (C=O) groups is 2. The number of carbonyl (C=O) groups excluding carboxylic acids is 2. The fourth-order valence-electron chi connectivity index (χ4n) is 2.83. The van der Waals surface area contributed by atoms with Gasteiger partial charge in [-0.05, 0) is 24.6 Å². The summed E-state index contributed by atoms with van der Waals surface area (Å²) in [6, 6.07) is 4.82. The normalized spacial score (nSPS) is 17.7. The van der Waals surface area contributed by atoms with Crippen LogP contribution in [-0.4, -0.2) is 34.7 Å². The fourth-order valence-corrected chi connectivity index (χ4v) is 3.97. The van der Waals surface area contributed by atoms with Crippen LogP contribution in [0.3, 0.4) is 0 Å². The Morgan fingerprint density at radius 3 is 2.82 bits per heavy atom. The highest BCUT2D eigenvalue weighted by Crippen LogP contribution is 2.24. The molecule has 1 saturated heterocycles. The number of nitrogens with one attached hydrogen (secondary N) is 1. The van der Waals surface area contributed by atoms with Gasteiger partial charge in [0.15, 0.2) is 0 Å². The van der Waals surface area contributed by atoms with Gasteiger partial charge in [-0.3, -0.25) is 9.59 Å². The van der Waals surface area contributed by atoms with E-state index < -0.39 is 5.91 Å². The lowest BCUT2D eigenvalue weighted by Crippen LogP contribution is -2.33. The summed E-state index contributed by atoms with van der Waals surface area (Å²) in [5.41, 5.74) is 0.108. The maximum atomic E-state index is 12.8. The molecule has 1 fully saturated rings. The zero-order valence-corrected chi connectivity index (χ0v) is 17.9. The van der Waals surface area contributed by atoms with Crippen LogP contribution in [0.2, 0.25) is 5.02 Å². The van der Waals surface area contributed by atoms with Gasteiger partial charge in [0.1, 0.15) is 10.8 Å². The summed E-state index contributed by atoms with van der Waals surface area (Å²) in [6.45, 7) is 6.63. The predicted molar refractivity (Wildman–Crippen MR) is 108 cm³/mol. The molecule has 0 unspecified atom stereocenters. The summed E-state index contributed by atoms with van der Waals surface area (Å²) in [6.07, 6.45) is 1.25. The van der Waals surface area contributed by atoms with Crippen molar-refractivity contribution in [2.24, 2.45) is 4.99 Å². The first-order chi connectivity index (χ1) is 13.2. The Hall–Kier alpha value is -2.19. The maximum Gasteiger partial charge on any atom is 0.283 e. The molecule has 150 valence electrons. The van der Waals surface area contributed by atoms with Crippen LogP contribution in [0, 0.1) is 0 Å². The molecule has 28 heavy (non-hydrogen) atoms. The Balaban J connectivity index is 2.01. The first kappa shape index (κ1) is 20.5. The van der Waals surface area contributed by atoms with E-state index in [1.54, 1.807) is 22.9 Å². The summed E-state index contributed by atoms with van der Waals surface area (Å²) in [5.74, 6) is -0.00362. The van der Waals surface area contributed by atoms with Gasteiger partial charge >= 0.3 is 0 Å². The molecule has 2 amide bonds. The lowest BCUT2D eigenvalue weighted by molar-refractivity contribution is -0.119. The zero-order chi connectivity index (χ0) is 20.5. The van der Waals surface area contributed by atoms with Gasteiger partial charge in [-0.2, -0.15) is 10.1 Å². The average Bonchev–Trinajstić information content (AvgIpc) is 3.21. The van der Waals surface area contributed by atoms with Crippen molar-refractivity contribution in [1.29, 1.82) is 0 Å². The van der Waals surface area contributed by atoms with E-state index in [4.69, 9.17) is 16.3 Å². The standard InChI is InChI=1S/C19H23ClN4O3S/c1-19(2,3)17-23-24(10-12-6-8-15(25)21-12)18(28-17)22-16(26)13-9-11(20)5-7-14(13)27-4/h5,7,9,12H,6,8,10H2,1-4H3,(H,21,25)/b22-18-/t12-/m1/s1. The number of nitrogens with zero attached hydrogens (tertiary/aromatic N) is 3. The van der Waals surface area contributed by atoms with Crippen LogP contribution >= 0.6 is 22.9 Å². The number of methoxy groups -OCH3 is 1. The van der Waals surface area contributed by atoms with E-state index in [0.29, 0.717) is 34.1 Å². The van der Waals surface area contributed by atoms with Gasteiger partial charge in [-0.1, -0.05) is 43.7 Å². The van der Waals surface area contributed by atoms with Crippen LogP contribution in [0.15, 0.2) is 23.2 Å². The number of halogens is 1. The molecular formula is C19H23ClN4O3S. The Kier molecular flexibility index (Phi) is 5.90. The molecule has 0 aliphatic carbocycles. The van der Waals surface area contributed by atoms with E-state index in [0.717, 1.165) is 11.4 Å². The van der Waals surface area contributed by atoms with Gasteiger partial charge in [0.25, 0.3) is 5.91 Å². The van der Waals surface area contributed by atoms with Crippen molar-refractivity contribution in [2.75, 3.05) is 7.11 Å². The molecule has 7 nitrogen and oxygen atoms in total. The van der Waals surface area contributed by atoms with Gasteiger partial charge < -0.3 is 10.1 Å². The van der Waals surface area contributed by atoms with E-state index in [-0.39, 0.29) is 17.4 Å². The summed E-state index contributed by atoms with van der Waals surface area (Å²) in [4.78, 5) is 29.1. The van der Waals surface area contributed by atoms with Gasteiger partial charge in [0.2, 0.25) is 10.7 Å². The monoisotopic (exact) mass is 422 g/mol. The van der Waals surface area contributed by atoms with Crippen molar-refractivity contribution in [3.63, 3.8) is 0 Å². The van der Waals surface area contributed by atoms with Gasteiger partial charge in [0.05, 0.1) is 19.2 Å². The minimum Gasteiger partial charge on any atom is -0.496 e. The van der Waals surface area contributed by atoms with Crippen molar-refractivity contribution < 1.29 is 14.3 Å². The second-order valence-corrected chi connectivity index (χ2v) is 9.08. The van der Waals surface area contributed by atoms with E-state index in [1.807, 2.05) is 0 Å². The average molecular weight is 423 g/mol. The smallest absolute Gasteiger partial charge is 0.283 e. The van der Waals surface area contributed by atoms with E-state index >= 15 is 0 Å². The minimum absolute atomic E-state index is 0.0165. The number of rotatable bonds is 4. The zero-order valence-electron chi connectivity index (χ0n) is 16.3. The quantitative estimate of drug-likeness (QED) is 0.820. The molecule has 0 spiro atoms. The van der Waals surface area contributed by atoms with Crippen molar-refractivity contribution >= 4 is 34.8 Å². The highest BCUT2D eigenvalue weighted by atomic mass is 35.5. The van der Waals surface area contributed by atoms with Crippen molar-refractivity contribution in [3.05, 3.63) is 38.6 Å². The molecule has 1 aliphatic heterocycles. The van der Waals surface area contributed by atoms with Crippen LogP contribution in [0.25, 0.3) is 0 Å². The van der Waals surface area contributed by atoms with E-state index in [9.17, 15) is 9.59 Å². The Bertz CT molecular complexity index is 974.